The van der Waals surface area contributed by atoms with E-state index in [0.717, 1.165) is 44.9 Å². The third-order valence-corrected chi connectivity index (χ3v) is 14.7. The fourth-order valence-corrected chi connectivity index (χ4v) is 9.78. The van der Waals surface area contributed by atoms with Crippen LogP contribution in [0.1, 0.15) is 341 Å². The summed E-state index contributed by atoms with van der Waals surface area (Å²) in [5.74, 6) is -0.0548. The van der Waals surface area contributed by atoms with Crippen LogP contribution in [-0.2, 0) is 14.3 Å². The summed E-state index contributed by atoms with van der Waals surface area (Å²) in [6.07, 6.45) is 76.3. The van der Waals surface area contributed by atoms with Crippen molar-refractivity contribution in [2.24, 2.45) is 0 Å². The molecule has 0 rings (SSSR count). The average molecular weight is 999 g/mol. The number of unbranched alkanes of at least 4 members (excludes halogenated alkanes) is 44. The molecule has 0 aromatic rings. The fourth-order valence-electron chi connectivity index (χ4n) is 9.78. The number of hydrogen-bond acceptors (Lipinski definition) is 5. The Morgan fingerprint density at radius 2 is 0.704 bits per heavy atom. The highest BCUT2D eigenvalue weighted by atomic mass is 16.5. The molecular formula is C65H123NO5. The van der Waals surface area contributed by atoms with E-state index in [-0.39, 0.29) is 18.5 Å². The van der Waals surface area contributed by atoms with Crippen molar-refractivity contribution >= 4 is 11.9 Å². The highest BCUT2D eigenvalue weighted by Crippen LogP contribution is 2.17. The van der Waals surface area contributed by atoms with Gasteiger partial charge in [0, 0.05) is 12.8 Å². The molecule has 0 saturated heterocycles. The number of aliphatic hydroxyl groups is 2. The normalized spacial score (nSPS) is 12.8. The van der Waals surface area contributed by atoms with Gasteiger partial charge in [-0.1, -0.05) is 301 Å². The van der Waals surface area contributed by atoms with Crippen LogP contribution >= 0.6 is 0 Å². The molecule has 3 N–H and O–H groups in total. The van der Waals surface area contributed by atoms with Crippen molar-refractivity contribution < 1.29 is 24.5 Å². The summed E-state index contributed by atoms with van der Waals surface area (Å²) >= 11 is 0. The number of esters is 1. The lowest BCUT2D eigenvalue weighted by Crippen LogP contribution is -2.45. The Balaban J connectivity index is 3.40. The molecule has 0 radical (unpaired) electrons. The number of carbonyl (C=O) groups is 2. The Hall–Kier alpha value is -1.92. The van der Waals surface area contributed by atoms with Gasteiger partial charge in [-0.25, -0.2) is 0 Å². The predicted octanol–water partition coefficient (Wildman–Crippen LogP) is 20.0. The van der Waals surface area contributed by atoms with E-state index >= 15 is 0 Å². The number of amides is 1. The lowest BCUT2D eigenvalue weighted by Gasteiger charge is -2.20. The van der Waals surface area contributed by atoms with Gasteiger partial charge in [0.2, 0.25) is 5.91 Å². The summed E-state index contributed by atoms with van der Waals surface area (Å²) in [4.78, 5) is 24.4. The zero-order valence-electron chi connectivity index (χ0n) is 47.7. The molecule has 6 nitrogen and oxygen atoms in total. The first kappa shape index (κ1) is 69.1. The average Bonchev–Trinajstić information content (AvgIpc) is 3.37. The molecule has 0 heterocycles. The molecule has 0 bridgehead atoms. The van der Waals surface area contributed by atoms with Crippen LogP contribution < -0.4 is 5.32 Å². The van der Waals surface area contributed by atoms with Crippen LogP contribution in [-0.4, -0.2) is 47.4 Å². The van der Waals surface area contributed by atoms with E-state index in [1.165, 1.54) is 270 Å². The molecule has 0 aliphatic carbocycles. The van der Waals surface area contributed by atoms with E-state index in [9.17, 15) is 19.8 Å². The van der Waals surface area contributed by atoms with Gasteiger partial charge in [-0.15, -0.1) is 0 Å². The van der Waals surface area contributed by atoms with Crippen LogP contribution in [0.2, 0.25) is 0 Å². The standard InChI is InChI=1S/C65H123NO5/c1-3-5-7-9-11-13-15-38-41-45-49-53-57-63(68)62(61-67)66-64(69)58-54-50-46-42-39-35-33-31-29-27-25-23-21-19-17-16-18-20-22-24-26-28-30-32-34-36-40-44-48-52-56-60-71-65(70)59-55-51-47-43-37-14-12-10-8-6-4-2/h18,20,24,26,53,57,62-63,67-68H,3-17,19,21-23,25,27-52,54-56,58-61H2,1-2H3,(H,66,69)/b20-18-,26-24-,57-53+. The molecule has 0 fully saturated rings. The maximum Gasteiger partial charge on any atom is 0.305 e. The zero-order valence-corrected chi connectivity index (χ0v) is 47.7. The van der Waals surface area contributed by atoms with Crippen molar-refractivity contribution in [3.63, 3.8) is 0 Å². The van der Waals surface area contributed by atoms with E-state index < -0.39 is 12.1 Å². The van der Waals surface area contributed by atoms with Crippen LogP contribution in [0.5, 0.6) is 0 Å². The van der Waals surface area contributed by atoms with Gasteiger partial charge in [0.15, 0.2) is 0 Å². The monoisotopic (exact) mass is 998 g/mol. The van der Waals surface area contributed by atoms with Crippen LogP contribution in [0.4, 0.5) is 0 Å². The summed E-state index contributed by atoms with van der Waals surface area (Å²) in [6, 6.07) is -0.626. The van der Waals surface area contributed by atoms with Gasteiger partial charge in [-0.3, -0.25) is 9.59 Å². The van der Waals surface area contributed by atoms with Crippen molar-refractivity contribution in [2.45, 2.75) is 353 Å². The van der Waals surface area contributed by atoms with Crippen LogP contribution in [0.15, 0.2) is 36.5 Å². The molecule has 0 saturated carbocycles. The molecule has 2 unspecified atom stereocenters. The minimum Gasteiger partial charge on any atom is -0.466 e. The van der Waals surface area contributed by atoms with Gasteiger partial charge in [0.05, 0.1) is 25.4 Å². The number of nitrogens with one attached hydrogen (secondary N) is 1. The number of hydrogen-bond donors (Lipinski definition) is 3. The topological polar surface area (TPSA) is 95.9 Å². The van der Waals surface area contributed by atoms with E-state index in [2.05, 4.69) is 43.5 Å². The lowest BCUT2D eigenvalue weighted by molar-refractivity contribution is -0.143. The molecule has 0 aromatic carbocycles. The SMILES string of the molecule is CCCCCCCCCCCC/C=C/C(O)C(CO)NC(=O)CCCCCCCCCCCCCCCCC/C=C\C/C=C\CCCCCCCCCCCOC(=O)CCCCCCCCCCCCC. The van der Waals surface area contributed by atoms with Crippen molar-refractivity contribution in [2.75, 3.05) is 13.2 Å². The Kier molecular flexibility index (Phi) is 59.0. The Morgan fingerprint density at radius 1 is 0.394 bits per heavy atom. The number of ether oxygens (including phenoxy) is 1. The Bertz CT molecular complexity index is 1150. The van der Waals surface area contributed by atoms with Crippen LogP contribution in [0, 0.1) is 0 Å². The third kappa shape index (κ3) is 57.2. The van der Waals surface area contributed by atoms with Crippen LogP contribution in [0.25, 0.3) is 0 Å². The summed E-state index contributed by atoms with van der Waals surface area (Å²) < 4.78 is 5.46. The second-order valence-corrected chi connectivity index (χ2v) is 21.7. The van der Waals surface area contributed by atoms with Crippen molar-refractivity contribution in [3.05, 3.63) is 36.5 Å². The fraction of sp³-hybridized carbons (Fsp3) is 0.877. The molecule has 418 valence electrons. The van der Waals surface area contributed by atoms with Crippen LogP contribution in [0.3, 0.4) is 0 Å². The van der Waals surface area contributed by atoms with Crippen molar-refractivity contribution in [1.29, 1.82) is 0 Å². The number of aliphatic hydroxyl groups excluding tert-OH is 2. The lowest BCUT2D eigenvalue weighted by atomic mass is 10.0. The molecule has 0 aliphatic rings. The largest absolute Gasteiger partial charge is 0.466 e. The van der Waals surface area contributed by atoms with Gasteiger partial charge in [0.25, 0.3) is 0 Å². The second-order valence-electron chi connectivity index (χ2n) is 21.7. The first-order chi connectivity index (χ1) is 35.0. The third-order valence-electron chi connectivity index (χ3n) is 14.7. The van der Waals surface area contributed by atoms with E-state index in [0.29, 0.717) is 19.4 Å². The smallest absolute Gasteiger partial charge is 0.305 e. The zero-order chi connectivity index (χ0) is 51.4. The van der Waals surface area contributed by atoms with Crippen molar-refractivity contribution in [3.8, 4) is 0 Å². The molecule has 2 atom stereocenters. The summed E-state index contributed by atoms with van der Waals surface area (Å²) in [7, 11) is 0. The first-order valence-corrected chi connectivity index (χ1v) is 31.8. The maximum absolute atomic E-state index is 12.4. The minimum absolute atomic E-state index is 0.0125. The van der Waals surface area contributed by atoms with Gasteiger partial charge in [-0.05, 0) is 64.2 Å². The second kappa shape index (κ2) is 60.6. The first-order valence-electron chi connectivity index (χ1n) is 31.8. The number of allylic oxidation sites excluding steroid dienone is 5. The van der Waals surface area contributed by atoms with E-state index in [1.807, 2.05) is 6.08 Å². The van der Waals surface area contributed by atoms with Crippen molar-refractivity contribution in [1.82, 2.24) is 5.32 Å². The minimum atomic E-state index is -0.843. The van der Waals surface area contributed by atoms with Gasteiger partial charge >= 0.3 is 5.97 Å². The molecule has 0 aliphatic heterocycles. The summed E-state index contributed by atoms with van der Waals surface area (Å²) in [5, 5.41) is 23.1. The number of rotatable bonds is 59. The van der Waals surface area contributed by atoms with E-state index in [1.54, 1.807) is 6.08 Å². The Morgan fingerprint density at radius 3 is 1.07 bits per heavy atom. The van der Waals surface area contributed by atoms with Gasteiger partial charge < -0.3 is 20.3 Å². The predicted molar refractivity (Wildman–Crippen MR) is 310 cm³/mol. The summed E-state index contributed by atoms with van der Waals surface area (Å²) in [5.41, 5.74) is 0. The molecule has 71 heavy (non-hydrogen) atoms. The quantitative estimate of drug-likeness (QED) is 0.0321. The summed E-state index contributed by atoms with van der Waals surface area (Å²) in [6.45, 7) is 4.90. The molecular weight excluding hydrogens is 875 g/mol. The van der Waals surface area contributed by atoms with Gasteiger partial charge in [-0.2, -0.15) is 0 Å². The number of carbonyl (C=O) groups excluding carboxylic acids is 2. The molecule has 0 spiro atoms. The molecule has 1 amide bonds. The molecule has 6 heteroatoms. The Labute approximate surface area is 443 Å². The highest BCUT2D eigenvalue weighted by Gasteiger charge is 2.18. The van der Waals surface area contributed by atoms with Gasteiger partial charge in [0.1, 0.15) is 0 Å². The maximum atomic E-state index is 12.4. The van der Waals surface area contributed by atoms with E-state index in [4.69, 9.17) is 4.74 Å². The highest BCUT2D eigenvalue weighted by molar-refractivity contribution is 5.76. The molecule has 0 aromatic heterocycles.